The smallest absolute Gasteiger partial charge is 0.250 e. The number of nitrogens with one attached hydrogen (secondary N) is 1. The molecule has 3 heterocycles. The number of imidazole rings is 1. The van der Waals surface area contributed by atoms with Crippen LogP contribution in [0.1, 0.15) is 11.4 Å². The van der Waals surface area contributed by atoms with E-state index in [1.165, 1.54) is 0 Å². The molecule has 3 aromatic rings. The van der Waals surface area contributed by atoms with Crippen LogP contribution in [0.4, 0.5) is 5.95 Å². The van der Waals surface area contributed by atoms with E-state index in [1.807, 2.05) is 30.3 Å². The van der Waals surface area contributed by atoms with Crippen molar-refractivity contribution in [3.8, 4) is 5.69 Å². The Bertz CT molecular complexity index is 715. The van der Waals surface area contributed by atoms with E-state index in [9.17, 15) is 0 Å². The predicted molar refractivity (Wildman–Crippen MR) is 72.5 cm³/mol. The lowest BCUT2D eigenvalue weighted by Gasteiger charge is -2.26. The van der Waals surface area contributed by atoms with Gasteiger partial charge in [-0.05, 0) is 22.6 Å². The second kappa shape index (κ2) is 4.44. The number of rotatable bonds is 2. The number of hydrogen-bond donors (Lipinski definition) is 1. The second-order valence-corrected chi connectivity index (χ2v) is 4.73. The average molecular weight is 267 g/mol. The lowest BCUT2D eigenvalue weighted by molar-refractivity contribution is 0.674. The van der Waals surface area contributed by atoms with Crippen molar-refractivity contribution in [3.63, 3.8) is 0 Å². The number of H-pyrrole nitrogens is 1. The molecule has 0 unspecified atom stereocenters. The maximum atomic E-state index is 4.31. The first-order valence-electron chi connectivity index (χ1n) is 6.52. The second-order valence-electron chi connectivity index (χ2n) is 4.73. The molecule has 0 aliphatic carbocycles. The van der Waals surface area contributed by atoms with Crippen LogP contribution in [-0.4, -0.2) is 36.7 Å². The summed E-state index contributed by atoms with van der Waals surface area (Å²) in [6.45, 7) is 1.62. The molecule has 2 aromatic heterocycles. The van der Waals surface area contributed by atoms with Gasteiger partial charge in [0.05, 0.1) is 29.9 Å². The minimum atomic E-state index is 0.753. The molecule has 0 spiro atoms. The Morgan fingerprint density at radius 1 is 1.15 bits per heavy atom. The fraction of sp³-hybridized carbons (Fsp3) is 0.231. The summed E-state index contributed by atoms with van der Waals surface area (Å²) in [5.41, 5.74) is 3.24. The molecule has 20 heavy (non-hydrogen) atoms. The highest BCUT2D eigenvalue weighted by Crippen LogP contribution is 2.21. The lowest BCUT2D eigenvalue weighted by Crippen LogP contribution is -2.32. The van der Waals surface area contributed by atoms with Crippen molar-refractivity contribution in [2.24, 2.45) is 0 Å². The largest absolute Gasteiger partial charge is 0.347 e. The predicted octanol–water partition coefficient (Wildman–Crippen LogP) is 0.948. The summed E-state index contributed by atoms with van der Waals surface area (Å²) in [7, 11) is 0. The van der Waals surface area contributed by atoms with E-state index < -0.39 is 0 Å². The maximum absolute atomic E-state index is 4.31. The molecule has 0 saturated heterocycles. The van der Waals surface area contributed by atoms with Gasteiger partial charge in [-0.2, -0.15) is 4.68 Å². The summed E-state index contributed by atoms with van der Waals surface area (Å²) in [4.78, 5) is 9.65. The molecule has 0 atom stereocenters. The minimum absolute atomic E-state index is 0.753. The molecule has 1 aliphatic rings. The first kappa shape index (κ1) is 11.2. The SMILES string of the molecule is c1ccc(-n2nnnc2N2CCc3nc[nH]c3C2)cc1. The molecule has 7 nitrogen and oxygen atoms in total. The zero-order valence-corrected chi connectivity index (χ0v) is 10.8. The van der Waals surface area contributed by atoms with Gasteiger partial charge in [0.25, 0.3) is 5.95 Å². The van der Waals surface area contributed by atoms with Crippen LogP contribution < -0.4 is 4.90 Å². The van der Waals surface area contributed by atoms with Crippen LogP contribution in [0.2, 0.25) is 0 Å². The quantitative estimate of drug-likeness (QED) is 0.748. The van der Waals surface area contributed by atoms with Gasteiger partial charge in [-0.1, -0.05) is 23.3 Å². The highest BCUT2D eigenvalue weighted by Gasteiger charge is 2.23. The van der Waals surface area contributed by atoms with Crippen LogP contribution in [0.3, 0.4) is 0 Å². The van der Waals surface area contributed by atoms with Crippen LogP contribution in [0.25, 0.3) is 5.69 Å². The van der Waals surface area contributed by atoms with Gasteiger partial charge < -0.3 is 9.88 Å². The maximum Gasteiger partial charge on any atom is 0.250 e. The first-order chi connectivity index (χ1) is 9.92. The van der Waals surface area contributed by atoms with Gasteiger partial charge in [-0.15, -0.1) is 0 Å². The Hall–Kier alpha value is -2.70. The van der Waals surface area contributed by atoms with Gasteiger partial charge in [0.15, 0.2) is 0 Å². The van der Waals surface area contributed by atoms with Crippen molar-refractivity contribution in [1.82, 2.24) is 30.2 Å². The Morgan fingerprint density at radius 2 is 2.05 bits per heavy atom. The van der Waals surface area contributed by atoms with Crippen molar-refractivity contribution in [2.75, 3.05) is 11.4 Å². The van der Waals surface area contributed by atoms with Gasteiger partial charge >= 0.3 is 0 Å². The molecular formula is C13H13N7. The number of nitrogens with zero attached hydrogens (tertiary/aromatic N) is 6. The van der Waals surface area contributed by atoms with Crippen LogP contribution in [0.15, 0.2) is 36.7 Å². The first-order valence-corrected chi connectivity index (χ1v) is 6.52. The van der Waals surface area contributed by atoms with Gasteiger partial charge in [0, 0.05) is 13.0 Å². The third-order valence-corrected chi connectivity index (χ3v) is 3.51. The highest BCUT2D eigenvalue weighted by molar-refractivity contribution is 5.42. The van der Waals surface area contributed by atoms with Crippen LogP contribution in [-0.2, 0) is 13.0 Å². The summed E-state index contributed by atoms with van der Waals surface area (Å²) in [6, 6.07) is 9.91. The van der Waals surface area contributed by atoms with Crippen molar-refractivity contribution >= 4 is 5.95 Å². The Morgan fingerprint density at radius 3 is 2.95 bits per heavy atom. The number of fused-ring (bicyclic) bond motifs is 1. The van der Waals surface area contributed by atoms with Crippen molar-refractivity contribution in [3.05, 3.63) is 48.0 Å². The summed E-state index contributed by atoms with van der Waals surface area (Å²) >= 11 is 0. The number of aromatic nitrogens is 6. The zero-order chi connectivity index (χ0) is 13.4. The molecule has 0 saturated carbocycles. The number of aromatic amines is 1. The molecule has 100 valence electrons. The van der Waals surface area contributed by atoms with Crippen LogP contribution in [0, 0.1) is 0 Å². The van der Waals surface area contributed by atoms with Gasteiger partial charge in [-0.25, -0.2) is 4.98 Å². The number of hydrogen-bond acceptors (Lipinski definition) is 5. The Labute approximate surface area is 115 Å². The van der Waals surface area contributed by atoms with Gasteiger partial charge in [0.1, 0.15) is 0 Å². The van der Waals surface area contributed by atoms with Gasteiger partial charge in [0.2, 0.25) is 0 Å². The molecule has 1 N–H and O–H groups in total. The fourth-order valence-corrected chi connectivity index (χ4v) is 2.50. The van der Waals surface area contributed by atoms with Crippen molar-refractivity contribution in [2.45, 2.75) is 13.0 Å². The normalized spacial score (nSPS) is 14.3. The topological polar surface area (TPSA) is 75.5 Å². The van der Waals surface area contributed by atoms with E-state index in [1.54, 1.807) is 11.0 Å². The molecule has 1 aromatic carbocycles. The molecule has 1 aliphatic heterocycles. The summed E-state index contributed by atoms with van der Waals surface area (Å²) in [5.74, 6) is 0.761. The number of para-hydroxylation sites is 1. The lowest BCUT2D eigenvalue weighted by atomic mass is 10.1. The fourth-order valence-electron chi connectivity index (χ4n) is 2.50. The minimum Gasteiger partial charge on any atom is -0.347 e. The van der Waals surface area contributed by atoms with E-state index in [-0.39, 0.29) is 0 Å². The highest BCUT2D eigenvalue weighted by atomic mass is 15.6. The molecule has 0 bridgehead atoms. The van der Waals surface area contributed by atoms with E-state index in [2.05, 4.69) is 30.4 Å². The van der Waals surface area contributed by atoms with E-state index in [4.69, 9.17) is 0 Å². The van der Waals surface area contributed by atoms with E-state index >= 15 is 0 Å². The Balaban J connectivity index is 1.69. The molecular weight excluding hydrogens is 254 g/mol. The number of benzene rings is 1. The standard InChI is InChI=1S/C13H13N7/c1-2-4-10(5-3-1)20-13(16-17-18-20)19-7-6-11-12(8-19)15-9-14-11/h1-5,9H,6-8H2,(H,14,15). The van der Waals surface area contributed by atoms with Crippen LogP contribution >= 0.6 is 0 Å². The summed E-state index contributed by atoms with van der Waals surface area (Å²) < 4.78 is 1.77. The van der Waals surface area contributed by atoms with Crippen molar-refractivity contribution in [1.29, 1.82) is 0 Å². The molecule has 7 heteroatoms. The molecule has 4 rings (SSSR count). The zero-order valence-electron chi connectivity index (χ0n) is 10.8. The number of anilines is 1. The number of tetrazole rings is 1. The third kappa shape index (κ3) is 1.75. The Kier molecular flexibility index (Phi) is 2.48. The molecule has 0 fully saturated rings. The molecule has 0 radical (unpaired) electrons. The summed E-state index contributed by atoms with van der Waals surface area (Å²) in [6.07, 6.45) is 2.65. The van der Waals surface area contributed by atoms with Crippen molar-refractivity contribution < 1.29 is 0 Å². The van der Waals surface area contributed by atoms with Crippen LogP contribution in [0.5, 0.6) is 0 Å². The molecule has 0 amide bonds. The third-order valence-electron chi connectivity index (χ3n) is 3.51. The summed E-state index contributed by atoms with van der Waals surface area (Å²) in [5, 5.41) is 12.1. The van der Waals surface area contributed by atoms with E-state index in [0.717, 1.165) is 42.5 Å². The van der Waals surface area contributed by atoms with Gasteiger partial charge in [-0.3, -0.25) is 0 Å². The van der Waals surface area contributed by atoms with E-state index in [0.29, 0.717) is 0 Å². The monoisotopic (exact) mass is 267 g/mol. The average Bonchev–Trinajstić information content (AvgIpc) is 3.16.